The van der Waals surface area contributed by atoms with Gasteiger partial charge in [-0.05, 0) is 31.2 Å². The minimum absolute atomic E-state index is 0.0314. The van der Waals surface area contributed by atoms with Gasteiger partial charge < -0.3 is 19.5 Å². The van der Waals surface area contributed by atoms with Gasteiger partial charge in [0.05, 0.1) is 29.4 Å². The fraction of sp³-hybridized carbons (Fsp3) is 0.318. The number of aliphatic hydroxyl groups is 1. The lowest BCUT2D eigenvalue weighted by Crippen LogP contribution is -2.46. The minimum Gasteiger partial charge on any atom is -0.486 e. The molecule has 0 fully saturated rings. The summed E-state index contributed by atoms with van der Waals surface area (Å²) in [4.78, 5) is 19.1. The fourth-order valence-corrected chi connectivity index (χ4v) is 5.17. The average Bonchev–Trinajstić information content (AvgIpc) is 3.43. The normalized spacial score (nSPS) is 16.8. The van der Waals surface area contributed by atoms with Crippen molar-refractivity contribution in [3.63, 3.8) is 0 Å². The molecule has 2 aliphatic rings. The van der Waals surface area contributed by atoms with E-state index in [-0.39, 0.29) is 23.9 Å². The number of carbonyl (C=O) groups excluding carboxylic acids is 1. The van der Waals surface area contributed by atoms with Gasteiger partial charge in [-0.15, -0.1) is 0 Å². The number of carbonyl (C=O) groups is 1. The van der Waals surface area contributed by atoms with E-state index in [2.05, 4.69) is 10.1 Å². The summed E-state index contributed by atoms with van der Waals surface area (Å²) in [6.45, 7) is 2.32. The molecule has 0 saturated carbocycles. The molecule has 0 radical (unpaired) electrons. The van der Waals surface area contributed by atoms with Crippen LogP contribution in [0.3, 0.4) is 0 Å². The summed E-state index contributed by atoms with van der Waals surface area (Å²) in [6, 6.07) is 9.63. The van der Waals surface area contributed by atoms with Crippen molar-refractivity contribution in [2.24, 2.45) is 0 Å². The number of ether oxygens (including phenoxy) is 2. The fourth-order valence-electron chi connectivity index (χ4n) is 3.98. The van der Waals surface area contributed by atoms with Crippen molar-refractivity contribution < 1.29 is 27.8 Å². The molecule has 2 aromatic heterocycles. The van der Waals surface area contributed by atoms with Crippen LogP contribution in [0, 0.1) is 0 Å². The third-order valence-corrected chi connectivity index (χ3v) is 7.45. The lowest BCUT2D eigenvalue weighted by atomic mass is 9.85. The summed E-state index contributed by atoms with van der Waals surface area (Å²) in [5, 5.41) is 14.2. The van der Waals surface area contributed by atoms with E-state index in [9.17, 15) is 18.3 Å². The number of benzene rings is 1. The molecule has 1 amide bonds. The number of hydrogen-bond donors (Lipinski definition) is 1. The summed E-state index contributed by atoms with van der Waals surface area (Å²) >= 11 is 0. The van der Waals surface area contributed by atoms with Gasteiger partial charge in [0.2, 0.25) is 5.91 Å². The van der Waals surface area contributed by atoms with Crippen LogP contribution in [0.25, 0.3) is 0 Å². The second kappa shape index (κ2) is 7.85. The number of amides is 1. The molecule has 5 rings (SSSR count). The molecule has 1 aromatic carbocycles. The molecule has 0 spiro atoms. The highest BCUT2D eigenvalue weighted by Crippen LogP contribution is 2.34. The first-order valence-corrected chi connectivity index (χ1v) is 11.8. The lowest BCUT2D eigenvalue weighted by Gasteiger charge is -2.30. The van der Waals surface area contributed by atoms with Crippen LogP contribution in [0.5, 0.6) is 11.5 Å². The monoisotopic (exact) mass is 470 g/mol. The van der Waals surface area contributed by atoms with Gasteiger partial charge in [0.15, 0.2) is 11.5 Å². The molecule has 172 valence electrons. The van der Waals surface area contributed by atoms with E-state index in [0.29, 0.717) is 41.7 Å². The van der Waals surface area contributed by atoms with Gasteiger partial charge in [0, 0.05) is 30.6 Å². The largest absolute Gasteiger partial charge is 0.486 e. The molecule has 0 aliphatic carbocycles. The van der Waals surface area contributed by atoms with E-state index < -0.39 is 22.0 Å². The minimum atomic E-state index is -3.95. The first-order valence-electron chi connectivity index (χ1n) is 10.4. The average molecular weight is 471 g/mol. The van der Waals surface area contributed by atoms with Crippen LogP contribution in [0.15, 0.2) is 53.7 Å². The highest BCUT2D eigenvalue weighted by Gasteiger charge is 2.42. The summed E-state index contributed by atoms with van der Waals surface area (Å²) in [7, 11) is -3.95. The third-order valence-electron chi connectivity index (χ3n) is 5.92. The van der Waals surface area contributed by atoms with E-state index in [0.717, 1.165) is 4.09 Å². The van der Waals surface area contributed by atoms with Gasteiger partial charge in [-0.3, -0.25) is 9.78 Å². The highest BCUT2D eigenvalue weighted by atomic mass is 32.2. The van der Waals surface area contributed by atoms with E-state index in [1.54, 1.807) is 42.3 Å². The highest BCUT2D eigenvalue weighted by molar-refractivity contribution is 7.89. The molecule has 1 N–H and O–H groups in total. The van der Waals surface area contributed by atoms with Crippen molar-refractivity contribution >= 4 is 15.9 Å². The first-order chi connectivity index (χ1) is 15.8. The second-order valence-corrected chi connectivity index (χ2v) is 9.95. The van der Waals surface area contributed by atoms with Crippen molar-refractivity contribution in [1.29, 1.82) is 0 Å². The zero-order chi connectivity index (χ0) is 23.2. The Kier molecular flexibility index (Phi) is 5.09. The molecule has 1 unspecified atom stereocenters. The molecule has 1 atom stereocenters. The summed E-state index contributed by atoms with van der Waals surface area (Å²) in [6.07, 6.45) is 2.99. The predicted octanol–water partition coefficient (Wildman–Crippen LogP) is 1.08. The van der Waals surface area contributed by atoms with Crippen LogP contribution in [-0.2, 0) is 33.3 Å². The van der Waals surface area contributed by atoms with E-state index in [1.807, 2.05) is 0 Å². The zero-order valence-electron chi connectivity index (χ0n) is 17.8. The van der Waals surface area contributed by atoms with Gasteiger partial charge in [-0.1, -0.05) is 6.07 Å². The van der Waals surface area contributed by atoms with E-state index in [4.69, 9.17) is 9.47 Å². The number of aromatic nitrogens is 3. The third kappa shape index (κ3) is 3.53. The van der Waals surface area contributed by atoms with Crippen molar-refractivity contribution in [1.82, 2.24) is 19.1 Å². The number of fused-ring (bicyclic) bond motifs is 2. The summed E-state index contributed by atoms with van der Waals surface area (Å²) in [5.74, 6) is 0.566. The zero-order valence-corrected chi connectivity index (χ0v) is 18.7. The standard InChI is InChI=1S/C22H22N4O6S/c1-22(14-27,20-4-2-3-7-23-20)21(28)25-11-15-12-26(24-17(15)13-25)33(29,30)16-5-6-18-19(10-16)32-9-8-31-18/h2-7,10,12,27H,8-9,11,13-14H2,1H3. The van der Waals surface area contributed by atoms with Crippen LogP contribution in [-0.4, -0.2) is 58.3 Å². The van der Waals surface area contributed by atoms with Crippen molar-refractivity contribution in [3.05, 3.63) is 65.7 Å². The Balaban J connectivity index is 1.38. The molecular weight excluding hydrogens is 448 g/mol. The van der Waals surface area contributed by atoms with Gasteiger partial charge in [0.1, 0.15) is 18.6 Å². The van der Waals surface area contributed by atoms with Crippen LogP contribution < -0.4 is 9.47 Å². The number of aliphatic hydroxyl groups excluding tert-OH is 1. The SMILES string of the molecule is CC(CO)(C(=O)N1Cc2cn(S(=O)(=O)c3ccc4c(c3)OCCO4)nc2C1)c1ccccn1. The Bertz CT molecular complexity index is 1300. The lowest BCUT2D eigenvalue weighted by molar-refractivity contribution is -0.139. The molecule has 11 heteroatoms. The summed E-state index contributed by atoms with van der Waals surface area (Å²) < 4.78 is 38.1. The van der Waals surface area contributed by atoms with Crippen LogP contribution in [0.2, 0.25) is 0 Å². The predicted molar refractivity (Wildman–Crippen MR) is 115 cm³/mol. The molecule has 10 nitrogen and oxygen atoms in total. The molecule has 0 saturated heterocycles. The Morgan fingerprint density at radius 1 is 1.15 bits per heavy atom. The van der Waals surface area contributed by atoms with Gasteiger partial charge in [0.25, 0.3) is 10.0 Å². The Morgan fingerprint density at radius 2 is 1.94 bits per heavy atom. The topological polar surface area (TPSA) is 124 Å². The van der Waals surface area contributed by atoms with Crippen LogP contribution in [0.4, 0.5) is 0 Å². The maximum atomic E-state index is 13.3. The maximum Gasteiger partial charge on any atom is 0.283 e. The Hall–Kier alpha value is -3.44. The molecule has 2 aliphatic heterocycles. The number of pyridine rings is 1. The molecular formula is C22H22N4O6S. The Morgan fingerprint density at radius 3 is 2.64 bits per heavy atom. The van der Waals surface area contributed by atoms with Gasteiger partial charge in [-0.25, -0.2) is 0 Å². The number of rotatable bonds is 5. The van der Waals surface area contributed by atoms with Crippen molar-refractivity contribution in [3.8, 4) is 11.5 Å². The number of hydrogen-bond acceptors (Lipinski definition) is 8. The first kappa shape index (κ1) is 21.4. The van der Waals surface area contributed by atoms with Crippen LogP contribution >= 0.6 is 0 Å². The number of nitrogens with zero attached hydrogens (tertiary/aromatic N) is 4. The maximum absolute atomic E-state index is 13.3. The van der Waals surface area contributed by atoms with Gasteiger partial charge >= 0.3 is 0 Å². The molecule has 4 heterocycles. The van der Waals surface area contributed by atoms with Crippen molar-refractivity contribution in [2.45, 2.75) is 30.3 Å². The quantitative estimate of drug-likeness (QED) is 0.588. The smallest absolute Gasteiger partial charge is 0.283 e. The summed E-state index contributed by atoms with van der Waals surface area (Å²) in [5.41, 5.74) is 0.377. The van der Waals surface area contributed by atoms with E-state index >= 15 is 0 Å². The second-order valence-electron chi connectivity index (χ2n) is 8.15. The van der Waals surface area contributed by atoms with E-state index in [1.165, 1.54) is 18.3 Å². The molecule has 33 heavy (non-hydrogen) atoms. The Labute approximate surface area is 190 Å². The van der Waals surface area contributed by atoms with Crippen molar-refractivity contribution in [2.75, 3.05) is 19.8 Å². The van der Waals surface area contributed by atoms with Crippen LogP contribution in [0.1, 0.15) is 23.9 Å². The molecule has 3 aromatic rings. The molecule has 0 bridgehead atoms. The van der Waals surface area contributed by atoms with Gasteiger partial charge in [-0.2, -0.15) is 17.6 Å².